The first kappa shape index (κ1) is 16.0. The van der Waals surface area contributed by atoms with Crippen LogP contribution in [-0.2, 0) is 0 Å². The number of anilines is 2. The van der Waals surface area contributed by atoms with Gasteiger partial charge in [-0.05, 0) is 42.9 Å². The maximum absolute atomic E-state index is 13.6. The van der Waals surface area contributed by atoms with Gasteiger partial charge >= 0.3 is 0 Å². The molecular formula is C16H17FN2O2S. The van der Waals surface area contributed by atoms with Crippen molar-refractivity contribution in [3.05, 3.63) is 47.8 Å². The van der Waals surface area contributed by atoms with Crippen LogP contribution < -0.4 is 20.1 Å². The molecule has 22 heavy (non-hydrogen) atoms. The van der Waals surface area contributed by atoms with Crippen LogP contribution in [0.5, 0.6) is 11.5 Å². The third-order valence-electron chi connectivity index (χ3n) is 3.10. The summed E-state index contributed by atoms with van der Waals surface area (Å²) in [5.41, 5.74) is 2.38. The summed E-state index contributed by atoms with van der Waals surface area (Å²) in [5.74, 6) is 0.465. The maximum Gasteiger partial charge on any atom is 0.175 e. The largest absolute Gasteiger partial charge is 0.497 e. The van der Waals surface area contributed by atoms with Crippen LogP contribution in [0.1, 0.15) is 5.56 Å². The number of methoxy groups -OCH3 is 2. The fourth-order valence-electron chi connectivity index (χ4n) is 1.89. The van der Waals surface area contributed by atoms with Crippen molar-refractivity contribution >= 4 is 28.7 Å². The molecule has 0 saturated carbocycles. The van der Waals surface area contributed by atoms with Crippen molar-refractivity contribution in [1.82, 2.24) is 0 Å². The first-order chi connectivity index (χ1) is 10.5. The van der Waals surface area contributed by atoms with E-state index in [1.165, 1.54) is 19.2 Å². The summed E-state index contributed by atoms with van der Waals surface area (Å²) >= 11 is 5.24. The van der Waals surface area contributed by atoms with E-state index in [0.29, 0.717) is 10.8 Å². The highest BCUT2D eigenvalue weighted by atomic mass is 32.1. The standard InChI is InChI=1S/C16H17FN2O2S/c1-10-4-6-12(20-2)9-14(10)19-16(22)18-11-5-7-15(21-3)13(17)8-11/h4-9H,1-3H3,(H2,18,19,22). The van der Waals surface area contributed by atoms with Gasteiger partial charge in [-0.3, -0.25) is 0 Å². The highest BCUT2D eigenvalue weighted by Gasteiger charge is 2.06. The lowest BCUT2D eigenvalue weighted by Gasteiger charge is -2.14. The van der Waals surface area contributed by atoms with Crippen LogP contribution in [0.3, 0.4) is 0 Å². The molecule has 0 aliphatic heterocycles. The molecule has 0 spiro atoms. The molecule has 0 aliphatic carbocycles. The number of nitrogens with one attached hydrogen (secondary N) is 2. The number of aryl methyl sites for hydroxylation is 1. The summed E-state index contributed by atoms with van der Waals surface area (Å²) in [6, 6.07) is 10.2. The van der Waals surface area contributed by atoms with Gasteiger partial charge in [0.2, 0.25) is 0 Å². The third-order valence-corrected chi connectivity index (χ3v) is 3.31. The van der Waals surface area contributed by atoms with Crippen molar-refractivity contribution in [2.24, 2.45) is 0 Å². The number of thiocarbonyl (C=S) groups is 1. The second-order valence-corrected chi connectivity index (χ2v) is 5.02. The van der Waals surface area contributed by atoms with Gasteiger partial charge in [-0.25, -0.2) is 4.39 Å². The molecule has 0 aliphatic rings. The van der Waals surface area contributed by atoms with Gasteiger partial charge in [0.25, 0.3) is 0 Å². The summed E-state index contributed by atoms with van der Waals surface area (Å²) in [7, 11) is 3.02. The van der Waals surface area contributed by atoms with Gasteiger partial charge in [0.15, 0.2) is 16.7 Å². The monoisotopic (exact) mass is 320 g/mol. The predicted octanol–water partition coefficient (Wildman–Crippen LogP) is 3.96. The van der Waals surface area contributed by atoms with E-state index >= 15 is 0 Å². The smallest absolute Gasteiger partial charge is 0.175 e. The zero-order chi connectivity index (χ0) is 16.1. The Morgan fingerprint density at radius 3 is 2.45 bits per heavy atom. The molecule has 2 aromatic rings. The summed E-state index contributed by atoms with van der Waals surface area (Å²) in [4.78, 5) is 0. The Hall–Kier alpha value is -2.34. The number of halogens is 1. The fourth-order valence-corrected chi connectivity index (χ4v) is 2.12. The van der Waals surface area contributed by atoms with E-state index in [9.17, 15) is 4.39 Å². The molecule has 0 atom stereocenters. The van der Waals surface area contributed by atoms with Crippen LogP contribution in [0.2, 0.25) is 0 Å². The highest BCUT2D eigenvalue weighted by Crippen LogP contribution is 2.23. The van der Waals surface area contributed by atoms with Crippen LogP contribution in [-0.4, -0.2) is 19.3 Å². The Bertz CT molecular complexity index is 692. The number of benzene rings is 2. The fraction of sp³-hybridized carbons (Fsp3) is 0.188. The number of rotatable bonds is 4. The Labute approximate surface area is 134 Å². The highest BCUT2D eigenvalue weighted by molar-refractivity contribution is 7.80. The predicted molar refractivity (Wildman–Crippen MR) is 90.5 cm³/mol. The molecule has 0 fully saturated rings. The third kappa shape index (κ3) is 3.85. The molecular weight excluding hydrogens is 303 g/mol. The zero-order valence-corrected chi connectivity index (χ0v) is 13.4. The Kier molecular flexibility index (Phi) is 5.16. The minimum atomic E-state index is -0.451. The summed E-state index contributed by atoms with van der Waals surface area (Å²) in [6.07, 6.45) is 0. The van der Waals surface area contributed by atoms with Crippen LogP contribution in [0.4, 0.5) is 15.8 Å². The summed E-state index contributed by atoms with van der Waals surface area (Å²) in [5, 5.41) is 6.36. The molecule has 0 heterocycles. The van der Waals surface area contributed by atoms with Gasteiger partial charge in [0.05, 0.1) is 14.2 Å². The second kappa shape index (κ2) is 7.09. The zero-order valence-electron chi connectivity index (χ0n) is 12.6. The van der Waals surface area contributed by atoms with Crippen molar-refractivity contribution < 1.29 is 13.9 Å². The molecule has 0 amide bonds. The second-order valence-electron chi connectivity index (χ2n) is 4.61. The molecule has 0 saturated heterocycles. The van der Waals surface area contributed by atoms with E-state index in [-0.39, 0.29) is 5.75 Å². The molecule has 2 aromatic carbocycles. The van der Waals surface area contributed by atoms with E-state index in [1.807, 2.05) is 25.1 Å². The van der Waals surface area contributed by atoms with Crippen molar-refractivity contribution in [2.45, 2.75) is 6.92 Å². The average Bonchev–Trinajstić information content (AvgIpc) is 2.49. The number of ether oxygens (including phenoxy) is 2. The molecule has 2 rings (SSSR count). The first-order valence-corrected chi connectivity index (χ1v) is 7.00. The molecule has 2 N–H and O–H groups in total. The van der Waals surface area contributed by atoms with Gasteiger partial charge < -0.3 is 20.1 Å². The average molecular weight is 320 g/mol. The van der Waals surface area contributed by atoms with E-state index in [2.05, 4.69) is 10.6 Å². The molecule has 4 nitrogen and oxygen atoms in total. The van der Waals surface area contributed by atoms with Crippen LogP contribution in [0.15, 0.2) is 36.4 Å². The molecule has 0 aromatic heterocycles. The number of hydrogen-bond donors (Lipinski definition) is 2. The molecule has 0 radical (unpaired) electrons. The molecule has 116 valence electrons. The quantitative estimate of drug-likeness (QED) is 0.835. The normalized spacial score (nSPS) is 10.0. The van der Waals surface area contributed by atoms with Crippen molar-refractivity contribution in [2.75, 3.05) is 24.9 Å². The van der Waals surface area contributed by atoms with Gasteiger partial charge in [-0.1, -0.05) is 6.07 Å². The summed E-state index contributed by atoms with van der Waals surface area (Å²) in [6.45, 7) is 1.96. The minimum Gasteiger partial charge on any atom is -0.497 e. The van der Waals surface area contributed by atoms with Crippen molar-refractivity contribution in [1.29, 1.82) is 0 Å². The van der Waals surface area contributed by atoms with E-state index in [1.54, 1.807) is 13.2 Å². The minimum absolute atomic E-state index is 0.188. The maximum atomic E-state index is 13.6. The van der Waals surface area contributed by atoms with Crippen LogP contribution in [0, 0.1) is 12.7 Å². The topological polar surface area (TPSA) is 42.5 Å². The van der Waals surface area contributed by atoms with Crippen LogP contribution in [0.25, 0.3) is 0 Å². The van der Waals surface area contributed by atoms with Crippen molar-refractivity contribution in [3.8, 4) is 11.5 Å². The van der Waals surface area contributed by atoms with Gasteiger partial charge in [-0.2, -0.15) is 0 Å². The summed E-state index contributed by atoms with van der Waals surface area (Å²) < 4.78 is 23.7. The lowest BCUT2D eigenvalue weighted by molar-refractivity contribution is 0.387. The Balaban J connectivity index is 2.08. The number of hydrogen-bond acceptors (Lipinski definition) is 3. The molecule has 0 bridgehead atoms. The molecule has 6 heteroatoms. The van der Waals surface area contributed by atoms with Crippen LogP contribution >= 0.6 is 12.2 Å². The Morgan fingerprint density at radius 2 is 1.82 bits per heavy atom. The lowest BCUT2D eigenvalue weighted by Crippen LogP contribution is -2.19. The van der Waals surface area contributed by atoms with E-state index in [0.717, 1.165) is 17.0 Å². The van der Waals surface area contributed by atoms with E-state index < -0.39 is 5.82 Å². The van der Waals surface area contributed by atoms with Gasteiger partial charge in [0.1, 0.15) is 5.75 Å². The SMILES string of the molecule is COc1ccc(C)c(NC(=S)Nc2ccc(OC)c(F)c2)c1. The first-order valence-electron chi connectivity index (χ1n) is 6.59. The van der Waals surface area contributed by atoms with E-state index in [4.69, 9.17) is 21.7 Å². The lowest BCUT2D eigenvalue weighted by atomic mass is 10.2. The van der Waals surface area contributed by atoms with Crippen molar-refractivity contribution in [3.63, 3.8) is 0 Å². The molecule has 0 unspecified atom stereocenters. The Morgan fingerprint density at radius 1 is 1.05 bits per heavy atom. The van der Waals surface area contributed by atoms with Gasteiger partial charge in [0, 0.05) is 23.5 Å². The van der Waals surface area contributed by atoms with Gasteiger partial charge in [-0.15, -0.1) is 0 Å².